The number of fused-ring (bicyclic) bond motifs is 4. The molecule has 146 valence electrons. The van der Waals surface area contributed by atoms with Crippen LogP contribution in [0.4, 0.5) is 0 Å². The monoisotopic (exact) mass is 406 g/mol. The fraction of sp³-hybridized carbons (Fsp3) is 0.250. The van der Waals surface area contributed by atoms with Crippen LogP contribution in [0.3, 0.4) is 0 Å². The maximum absolute atomic E-state index is 13.2. The van der Waals surface area contributed by atoms with Gasteiger partial charge in [0.25, 0.3) is 5.56 Å². The summed E-state index contributed by atoms with van der Waals surface area (Å²) in [6.45, 7) is 2.93. The number of carbonyl (C=O) groups is 1. The van der Waals surface area contributed by atoms with Crippen LogP contribution in [0, 0.1) is 0 Å². The third-order valence-electron chi connectivity index (χ3n) is 5.15. The number of aliphatic imine (C=N–C) groups is 1. The molecule has 8 nitrogen and oxygen atoms in total. The molecule has 1 N–H and O–H groups in total. The molecule has 4 heterocycles. The molecule has 1 aliphatic heterocycles. The number of nitrogens with zero attached hydrogens (tertiary/aromatic N) is 5. The van der Waals surface area contributed by atoms with Crippen molar-refractivity contribution in [3.63, 3.8) is 0 Å². The van der Waals surface area contributed by atoms with Gasteiger partial charge >= 0.3 is 0 Å². The van der Waals surface area contributed by atoms with Crippen molar-refractivity contribution in [3.05, 3.63) is 56.4 Å². The number of benzene rings is 1. The summed E-state index contributed by atoms with van der Waals surface area (Å²) in [5.41, 5.74) is 4.46. The van der Waals surface area contributed by atoms with Crippen LogP contribution in [0.15, 0.2) is 34.2 Å². The Bertz CT molecular complexity index is 1380. The van der Waals surface area contributed by atoms with Crippen LogP contribution in [-0.2, 0) is 31.5 Å². The highest BCUT2D eigenvalue weighted by molar-refractivity contribution is 7.19. The molecule has 1 aromatic carbocycles. The highest BCUT2D eigenvalue weighted by Gasteiger charge is 2.19. The van der Waals surface area contributed by atoms with Crippen LogP contribution in [0.1, 0.15) is 28.6 Å². The summed E-state index contributed by atoms with van der Waals surface area (Å²) in [6, 6.07) is 6.06. The van der Waals surface area contributed by atoms with Crippen LogP contribution in [0.25, 0.3) is 21.3 Å². The summed E-state index contributed by atoms with van der Waals surface area (Å²) in [7, 11) is 1.84. The van der Waals surface area contributed by atoms with E-state index < -0.39 is 0 Å². The number of thiazole rings is 1. The molecule has 29 heavy (non-hydrogen) atoms. The first-order valence-corrected chi connectivity index (χ1v) is 10.0. The van der Waals surface area contributed by atoms with Crippen LogP contribution in [-0.4, -0.2) is 31.5 Å². The quantitative estimate of drug-likeness (QED) is 0.561. The van der Waals surface area contributed by atoms with Crippen LogP contribution in [0.2, 0.25) is 0 Å². The lowest BCUT2D eigenvalue weighted by atomic mass is 10.0. The Hall–Kier alpha value is -3.33. The minimum absolute atomic E-state index is 0.101. The van der Waals surface area contributed by atoms with E-state index in [4.69, 9.17) is 0 Å². The number of hydrogen-bond donors (Lipinski definition) is 1. The number of aromatic nitrogens is 4. The zero-order valence-corrected chi connectivity index (χ0v) is 16.8. The fourth-order valence-corrected chi connectivity index (χ4v) is 4.77. The van der Waals surface area contributed by atoms with E-state index >= 15 is 0 Å². The molecule has 0 atom stereocenters. The molecule has 4 aromatic rings. The Labute approximate surface area is 169 Å². The first-order valence-electron chi connectivity index (χ1n) is 9.22. The smallest absolute Gasteiger partial charge is 0.291 e. The Kier molecular flexibility index (Phi) is 4.06. The lowest BCUT2D eigenvalue weighted by molar-refractivity contribution is -0.119. The molecule has 1 amide bonds. The lowest BCUT2D eigenvalue weighted by Crippen LogP contribution is -2.25. The van der Waals surface area contributed by atoms with Crippen molar-refractivity contribution in [1.29, 1.82) is 0 Å². The molecule has 1 aliphatic rings. The zero-order valence-electron chi connectivity index (χ0n) is 16.0. The summed E-state index contributed by atoms with van der Waals surface area (Å²) < 4.78 is 4.22. The van der Waals surface area contributed by atoms with E-state index in [1.807, 2.05) is 30.0 Å². The molecule has 0 fully saturated rings. The summed E-state index contributed by atoms with van der Waals surface area (Å²) in [4.78, 5) is 33.3. The SMILES string of the molecule is CC(=O)NCc1nc2c(s1)c1cnn(Cc3cccc4c3C=NC4)c(=O)c1n2C. The van der Waals surface area contributed by atoms with Gasteiger partial charge in [0, 0.05) is 31.1 Å². The van der Waals surface area contributed by atoms with Gasteiger partial charge in [0.2, 0.25) is 5.91 Å². The van der Waals surface area contributed by atoms with Gasteiger partial charge in [0.1, 0.15) is 10.5 Å². The van der Waals surface area contributed by atoms with Crippen molar-refractivity contribution in [1.82, 2.24) is 24.6 Å². The molecular weight excluding hydrogens is 388 g/mol. The number of hydrogen-bond acceptors (Lipinski definition) is 6. The second-order valence-corrected chi connectivity index (χ2v) is 8.14. The third-order valence-corrected chi connectivity index (χ3v) is 6.22. The molecule has 0 spiro atoms. The lowest BCUT2D eigenvalue weighted by Gasteiger charge is -2.09. The zero-order chi connectivity index (χ0) is 20.1. The van der Waals surface area contributed by atoms with E-state index in [0.29, 0.717) is 25.2 Å². The van der Waals surface area contributed by atoms with E-state index in [9.17, 15) is 9.59 Å². The standard InChI is InChI=1S/C20H18N6O2S/c1-11(27)22-9-16-24-19-18(29-16)15-8-23-26(20(28)17(15)25(19)2)10-13-5-3-4-12-6-21-7-14(12)13/h3-5,7-8H,6,9-10H2,1-2H3,(H,22,27). The molecular formula is C20H18N6O2S. The maximum atomic E-state index is 13.2. The van der Waals surface area contributed by atoms with E-state index in [0.717, 1.165) is 31.9 Å². The second-order valence-electron chi connectivity index (χ2n) is 7.06. The predicted molar refractivity (Wildman–Crippen MR) is 113 cm³/mol. The number of carbonyl (C=O) groups excluding carboxylic acids is 1. The number of amides is 1. The normalized spacial score (nSPS) is 12.8. The largest absolute Gasteiger partial charge is 0.350 e. The van der Waals surface area contributed by atoms with E-state index in [2.05, 4.69) is 26.5 Å². The summed E-state index contributed by atoms with van der Waals surface area (Å²) >= 11 is 1.47. The van der Waals surface area contributed by atoms with Crippen LogP contribution >= 0.6 is 11.3 Å². The Morgan fingerprint density at radius 3 is 3.03 bits per heavy atom. The van der Waals surface area contributed by atoms with Crippen LogP contribution < -0.4 is 10.9 Å². The molecule has 9 heteroatoms. The maximum Gasteiger partial charge on any atom is 0.291 e. The number of nitrogens with one attached hydrogen (secondary N) is 1. The predicted octanol–water partition coefficient (Wildman–Crippen LogP) is 1.96. The first-order chi connectivity index (χ1) is 14.0. The topological polar surface area (TPSA) is 94.2 Å². The van der Waals surface area contributed by atoms with Crippen molar-refractivity contribution in [3.8, 4) is 0 Å². The Morgan fingerprint density at radius 2 is 2.21 bits per heavy atom. The summed E-state index contributed by atoms with van der Waals surface area (Å²) in [5, 5.41) is 8.77. The van der Waals surface area contributed by atoms with Crippen molar-refractivity contribution in [2.24, 2.45) is 12.0 Å². The van der Waals surface area contributed by atoms with Crippen molar-refractivity contribution >= 4 is 44.7 Å². The van der Waals surface area contributed by atoms with Gasteiger partial charge in [-0.2, -0.15) is 5.10 Å². The highest BCUT2D eigenvalue weighted by Crippen LogP contribution is 2.30. The van der Waals surface area contributed by atoms with Crippen molar-refractivity contribution in [2.75, 3.05) is 0 Å². The van der Waals surface area contributed by atoms with Crippen LogP contribution in [0.5, 0.6) is 0 Å². The molecule has 0 saturated carbocycles. The average Bonchev–Trinajstić information content (AvgIpc) is 3.39. The summed E-state index contributed by atoms with van der Waals surface area (Å²) in [5.74, 6) is -0.101. The van der Waals surface area contributed by atoms with Crippen molar-refractivity contribution < 1.29 is 4.79 Å². The molecule has 0 radical (unpaired) electrons. The number of aryl methyl sites for hydroxylation is 1. The fourth-order valence-electron chi connectivity index (χ4n) is 3.73. The Balaban J connectivity index is 1.58. The Morgan fingerprint density at radius 1 is 1.34 bits per heavy atom. The van der Waals surface area contributed by atoms with Gasteiger partial charge in [-0.15, -0.1) is 11.3 Å². The van der Waals surface area contributed by atoms with Gasteiger partial charge in [-0.05, 0) is 11.1 Å². The molecule has 3 aromatic heterocycles. The minimum atomic E-state index is -0.147. The third kappa shape index (κ3) is 2.85. The van der Waals surface area contributed by atoms with E-state index in [-0.39, 0.29) is 11.5 Å². The molecule has 0 saturated heterocycles. The number of rotatable bonds is 4. The van der Waals surface area contributed by atoms with Gasteiger partial charge in [0.15, 0.2) is 5.65 Å². The highest BCUT2D eigenvalue weighted by atomic mass is 32.1. The molecule has 0 unspecified atom stereocenters. The minimum Gasteiger partial charge on any atom is -0.350 e. The van der Waals surface area contributed by atoms with Crippen molar-refractivity contribution in [2.45, 2.75) is 26.6 Å². The average molecular weight is 406 g/mol. The van der Waals surface area contributed by atoms with Gasteiger partial charge in [0.05, 0.1) is 30.5 Å². The van der Waals surface area contributed by atoms with Gasteiger partial charge in [-0.3, -0.25) is 14.6 Å². The molecule has 5 rings (SSSR count). The summed E-state index contributed by atoms with van der Waals surface area (Å²) in [6.07, 6.45) is 3.60. The van der Waals surface area contributed by atoms with Gasteiger partial charge in [-0.1, -0.05) is 18.2 Å². The van der Waals surface area contributed by atoms with Gasteiger partial charge < -0.3 is 9.88 Å². The van der Waals surface area contributed by atoms with E-state index in [1.165, 1.54) is 28.5 Å². The second kappa shape index (κ2) is 6.63. The molecule has 0 bridgehead atoms. The van der Waals surface area contributed by atoms with E-state index in [1.54, 1.807) is 6.20 Å². The first kappa shape index (κ1) is 17.7. The van der Waals surface area contributed by atoms with Gasteiger partial charge in [-0.25, -0.2) is 9.67 Å². The molecule has 0 aliphatic carbocycles.